The fraction of sp³-hybridized carbons (Fsp3) is 0.400. The predicted octanol–water partition coefficient (Wildman–Crippen LogP) is 1.29. The molecule has 0 atom stereocenters. The Labute approximate surface area is 74.7 Å². The van der Waals surface area contributed by atoms with E-state index < -0.39 is 0 Å². The smallest absolute Gasteiger partial charge is 0.0634 e. The van der Waals surface area contributed by atoms with Crippen molar-refractivity contribution in [1.82, 2.24) is 0 Å². The summed E-state index contributed by atoms with van der Waals surface area (Å²) in [6, 6.07) is 6.38. The van der Waals surface area contributed by atoms with Crippen molar-refractivity contribution in [1.29, 1.82) is 0 Å². The van der Waals surface area contributed by atoms with Crippen molar-refractivity contribution in [3.05, 3.63) is 34.9 Å². The molecule has 0 aliphatic heterocycles. The van der Waals surface area contributed by atoms with E-state index in [9.17, 15) is 0 Å². The number of quaternary nitrogens is 1. The summed E-state index contributed by atoms with van der Waals surface area (Å²) in [4.78, 5) is 0. The normalized spacial score (nSPS) is 7.75. The predicted molar refractivity (Wildman–Crippen MR) is 51.4 cm³/mol. The molecule has 0 aromatic heterocycles. The zero-order chi connectivity index (χ0) is 8.85. The molecule has 0 fully saturated rings. The molecule has 0 spiro atoms. The summed E-state index contributed by atoms with van der Waals surface area (Å²) >= 11 is 0. The van der Waals surface area contributed by atoms with Gasteiger partial charge in [0.25, 0.3) is 0 Å². The molecular weight excluding hydrogens is 150 g/mol. The molecule has 0 amide bonds. The van der Waals surface area contributed by atoms with Crippen molar-refractivity contribution in [2.45, 2.75) is 20.8 Å². The first-order valence-corrected chi connectivity index (χ1v) is 3.95. The summed E-state index contributed by atoms with van der Waals surface area (Å²) < 4.78 is 0. The van der Waals surface area contributed by atoms with Gasteiger partial charge in [-0.05, 0) is 37.5 Å². The molecule has 0 aliphatic carbocycles. The molecule has 0 radical (unpaired) electrons. The molecular formula is C10H19NO. The van der Waals surface area contributed by atoms with Crippen molar-refractivity contribution >= 4 is 0 Å². The van der Waals surface area contributed by atoms with Crippen LogP contribution in [0.15, 0.2) is 18.2 Å². The van der Waals surface area contributed by atoms with Crippen molar-refractivity contribution in [2.75, 3.05) is 7.05 Å². The van der Waals surface area contributed by atoms with Gasteiger partial charge in [-0.3, -0.25) is 0 Å². The van der Waals surface area contributed by atoms with E-state index in [0.29, 0.717) is 0 Å². The van der Waals surface area contributed by atoms with E-state index in [1.165, 1.54) is 16.7 Å². The van der Waals surface area contributed by atoms with E-state index in [-0.39, 0.29) is 5.48 Å². The molecule has 1 aromatic rings. The van der Waals surface area contributed by atoms with Crippen LogP contribution in [0.1, 0.15) is 16.7 Å². The van der Waals surface area contributed by atoms with Gasteiger partial charge in [-0.2, -0.15) is 0 Å². The van der Waals surface area contributed by atoms with Gasteiger partial charge in [0.2, 0.25) is 0 Å². The Morgan fingerprint density at radius 3 is 1.50 bits per heavy atom. The number of aryl methyl sites for hydroxylation is 2. The molecule has 1 rings (SSSR count). The van der Waals surface area contributed by atoms with Crippen molar-refractivity contribution in [3.63, 3.8) is 0 Å². The molecule has 0 saturated carbocycles. The summed E-state index contributed by atoms with van der Waals surface area (Å²) in [6.07, 6.45) is 0. The molecule has 0 bridgehead atoms. The van der Waals surface area contributed by atoms with Gasteiger partial charge in [0.15, 0.2) is 0 Å². The molecule has 2 nitrogen and oxygen atoms in total. The van der Waals surface area contributed by atoms with E-state index in [4.69, 9.17) is 0 Å². The van der Waals surface area contributed by atoms with Crippen LogP contribution >= 0.6 is 0 Å². The highest BCUT2D eigenvalue weighted by molar-refractivity contribution is 5.31. The van der Waals surface area contributed by atoms with Crippen LogP contribution in [-0.2, 0) is 0 Å². The third-order valence-corrected chi connectivity index (χ3v) is 1.88. The van der Waals surface area contributed by atoms with Crippen LogP contribution in [0.3, 0.4) is 0 Å². The van der Waals surface area contributed by atoms with Gasteiger partial charge in [0.05, 0.1) is 7.05 Å². The van der Waals surface area contributed by atoms with E-state index in [0.717, 1.165) is 0 Å². The minimum atomic E-state index is 0. The van der Waals surface area contributed by atoms with Gasteiger partial charge in [0, 0.05) is 0 Å². The lowest BCUT2D eigenvalue weighted by molar-refractivity contribution is -0.325. The third kappa shape index (κ3) is 3.51. The Morgan fingerprint density at radius 2 is 1.25 bits per heavy atom. The van der Waals surface area contributed by atoms with Crippen LogP contribution in [0.5, 0.6) is 0 Å². The first-order chi connectivity index (χ1) is 5.22. The molecule has 12 heavy (non-hydrogen) atoms. The number of hydrogen-bond donors (Lipinski definition) is 1. The van der Waals surface area contributed by atoms with Crippen LogP contribution in [0.25, 0.3) is 0 Å². The van der Waals surface area contributed by atoms with Crippen LogP contribution in [-0.4, -0.2) is 12.5 Å². The van der Waals surface area contributed by atoms with Crippen LogP contribution in [0.2, 0.25) is 0 Å². The minimum Gasteiger partial charge on any atom is -0.870 e. The zero-order valence-electron chi connectivity index (χ0n) is 8.39. The first kappa shape index (κ1) is 13.7. The quantitative estimate of drug-likeness (QED) is 0.625. The highest BCUT2D eigenvalue weighted by Crippen LogP contribution is 2.09. The van der Waals surface area contributed by atoms with Crippen molar-refractivity contribution in [3.8, 4) is 0 Å². The molecule has 0 aliphatic rings. The molecule has 70 valence electrons. The topological polar surface area (TPSA) is 57.6 Å². The lowest BCUT2D eigenvalue weighted by Gasteiger charge is -2.00. The highest BCUT2D eigenvalue weighted by Gasteiger charge is 1.91. The molecule has 2 heteroatoms. The van der Waals surface area contributed by atoms with Gasteiger partial charge < -0.3 is 11.2 Å². The SMILES string of the molecule is C[NH3+].Cc1cccc(C)c1C.[OH-]. The van der Waals surface area contributed by atoms with Gasteiger partial charge in [0.1, 0.15) is 0 Å². The third-order valence-electron chi connectivity index (χ3n) is 1.88. The molecule has 0 unspecified atom stereocenters. The maximum atomic E-state index is 3.25. The fourth-order valence-corrected chi connectivity index (χ4v) is 0.898. The fourth-order valence-electron chi connectivity index (χ4n) is 0.898. The molecule has 0 heterocycles. The van der Waals surface area contributed by atoms with Gasteiger partial charge in [-0.15, -0.1) is 0 Å². The van der Waals surface area contributed by atoms with Crippen molar-refractivity contribution in [2.24, 2.45) is 0 Å². The van der Waals surface area contributed by atoms with Crippen molar-refractivity contribution < 1.29 is 11.2 Å². The minimum absolute atomic E-state index is 0. The monoisotopic (exact) mass is 169 g/mol. The second-order valence-corrected chi connectivity index (χ2v) is 2.52. The average Bonchev–Trinajstić information content (AvgIpc) is 2.04. The van der Waals surface area contributed by atoms with E-state index >= 15 is 0 Å². The van der Waals surface area contributed by atoms with Crippen LogP contribution in [0, 0.1) is 20.8 Å². The number of rotatable bonds is 0. The summed E-state index contributed by atoms with van der Waals surface area (Å²) in [5, 5.41) is 0. The summed E-state index contributed by atoms with van der Waals surface area (Å²) in [5.74, 6) is 0. The lowest BCUT2D eigenvalue weighted by Crippen LogP contribution is -2.40. The molecule has 4 N–H and O–H groups in total. The summed E-state index contributed by atoms with van der Waals surface area (Å²) in [7, 11) is 1.75. The van der Waals surface area contributed by atoms with Crippen LogP contribution < -0.4 is 5.73 Å². The maximum Gasteiger partial charge on any atom is 0.0634 e. The zero-order valence-corrected chi connectivity index (χ0v) is 8.39. The largest absolute Gasteiger partial charge is 0.870 e. The Bertz CT molecular complexity index is 201. The van der Waals surface area contributed by atoms with Gasteiger partial charge in [-0.1, -0.05) is 18.2 Å². The van der Waals surface area contributed by atoms with E-state index in [2.05, 4.69) is 44.7 Å². The Morgan fingerprint density at radius 1 is 0.917 bits per heavy atom. The van der Waals surface area contributed by atoms with Gasteiger partial charge >= 0.3 is 0 Å². The average molecular weight is 169 g/mol. The number of benzene rings is 1. The van der Waals surface area contributed by atoms with E-state index in [1.807, 2.05) is 0 Å². The summed E-state index contributed by atoms with van der Waals surface area (Å²) in [5.41, 5.74) is 7.43. The molecule has 0 saturated heterocycles. The number of hydrogen-bond acceptors (Lipinski definition) is 1. The van der Waals surface area contributed by atoms with Crippen LogP contribution in [0.4, 0.5) is 0 Å². The second-order valence-electron chi connectivity index (χ2n) is 2.52. The standard InChI is InChI=1S/C9H12.CH5N.H2O/c1-7-5-4-6-8(2)9(7)3;1-2;/h4-6H,1-3H3;2H2,1H3;1H2. The second kappa shape index (κ2) is 6.83. The lowest BCUT2D eigenvalue weighted by atomic mass is 10.1. The van der Waals surface area contributed by atoms with Gasteiger partial charge in [-0.25, -0.2) is 0 Å². The highest BCUT2D eigenvalue weighted by atomic mass is 16.0. The maximum absolute atomic E-state index is 3.25. The Kier molecular flexibility index (Phi) is 7.80. The Balaban J connectivity index is 0. The van der Waals surface area contributed by atoms with E-state index in [1.54, 1.807) is 7.05 Å². The summed E-state index contributed by atoms with van der Waals surface area (Å²) in [6.45, 7) is 6.44. The molecule has 1 aromatic carbocycles. The Hall–Kier alpha value is -0.860. The first-order valence-electron chi connectivity index (χ1n) is 3.95.